The molecule has 0 saturated carbocycles. The number of rotatable bonds is 6. The van der Waals surface area contributed by atoms with Gasteiger partial charge in [0.25, 0.3) is 0 Å². The van der Waals surface area contributed by atoms with Gasteiger partial charge in [-0.3, -0.25) is 0 Å². The van der Waals surface area contributed by atoms with Crippen molar-refractivity contribution in [3.63, 3.8) is 0 Å². The molecule has 106 valence electrons. The number of ether oxygens (including phenoxy) is 1. The van der Waals surface area contributed by atoms with Crippen LogP contribution < -0.4 is 15.8 Å². The van der Waals surface area contributed by atoms with Gasteiger partial charge in [-0.15, -0.1) is 0 Å². The third-order valence-electron chi connectivity index (χ3n) is 2.90. The fourth-order valence-electron chi connectivity index (χ4n) is 1.75. The summed E-state index contributed by atoms with van der Waals surface area (Å²) >= 11 is 0. The number of nitrogens with one attached hydrogen (secondary N) is 1. The molecule has 0 amide bonds. The Morgan fingerprint density at radius 3 is 2.40 bits per heavy atom. The topological polar surface area (TPSA) is 50.5 Å². The maximum Gasteiger partial charge on any atom is 0.119 e. The van der Waals surface area contributed by atoms with E-state index in [0.717, 1.165) is 29.4 Å². The maximum absolute atomic E-state index is 5.90. The summed E-state index contributed by atoms with van der Waals surface area (Å²) in [6, 6.07) is 15.6. The van der Waals surface area contributed by atoms with E-state index < -0.39 is 0 Å². The Morgan fingerprint density at radius 1 is 1.05 bits per heavy atom. The SMILES string of the molecule is CN(C)CCOc1ccc(Nc2ccccc2N)cc1. The minimum Gasteiger partial charge on any atom is -0.492 e. The van der Waals surface area contributed by atoms with Crippen molar-refractivity contribution in [2.24, 2.45) is 0 Å². The van der Waals surface area contributed by atoms with Crippen LogP contribution in [0.3, 0.4) is 0 Å². The second-order valence-electron chi connectivity index (χ2n) is 4.89. The fraction of sp³-hybridized carbons (Fsp3) is 0.250. The monoisotopic (exact) mass is 271 g/mol. The molecule has 20 heavy (non-hydrogen) atoms. The molecular weight excluding hydrogens is 250 g/mol. The molecule has 0 saturated heterocycles. The van der Waals surface area contributed by atoms with Crippen LogP contribution in [0.2, 0.25) is 0 Å². The second kappa shape index (κ2) is 6.82. The summed E-state index contributed by atoms with van der Waals surface area (Å²) in [6.45, 7) is 1.59. The standard InChI is InChI=1S/C16H21N3O/c1-19(2)11-12-20-14-9-7-13(8-10-14)18-16-6-4-3-5-15(16)17/h3-10,18H,11-12,17H2,1-2H3. The van der Waals surface area contributed by atoms with Crippen LogP contribution in [-0.2, 0) is 0 Å². The highest BCUT2D eigenvalue weighted by Crippen LogP contribution is 2.24. The number of anilines is 3. The Hall–Kier alpha value is -2.20. The van der Waals surface area contributed by atoms with Gasteiger partial charge in [0.2, 0.25) is 0 Å². The van der Waals surface area contributed by atoms with Crippen molar-refractivity contribution in [3.05, 3.63) is 48.5 Å². The molecule has 0 aliphatic heterocycles. The molecule has 2 aromatic rings. The van der Waals surface area contributed by atoms with E-state index >= 15 is 0 Å². The van der Waals surface area contributed by atoms with Crippen LogP contribution >= 0.6 is 0 Å². The average molecular weight is 271 g/mol. The van der Waals surface area contributed by atoms with Crippen molar-refractivity contribution >= 4 is 17.1 Å². The highest BCUT2D eigenvalue weighted by Gasteiger charge is 1.99. The first-order valence-corrected chi connectivity index (χ1v) is 6.64. The average Bonchev–Trinajstić information content (AvgIpc) is 2.43. The summed E-state index contributed by atoms with van der Waals surface area (Å²) in [7, 11) is 4.06. The molecule has 0 unspecified atom stereocenters. The van der Waals surface area contributed by atoms with E-state index in [1.807, 2.05) is 62.6 Å². The molecule has 0 radical (unpaired) electrons. The van der Waals surface area contributed by atoms with Crippen LogP contribution in [0, 0.1) is 0 Å². The Bertz CT molecular complexity index is 538. The highest BCUT2D eigenvalue weighted by atomic mass is 16.5. The quantitative estimate of drug-likeness (QED) is 0.793. The first-order valence-electron chi connectivity index (χ1n) is 6.64. The molecule has 0 aliphatic carbocycles. The van der Waals surface area contributed by atoms with Gasteiger partial charge in [-0.25, -0.2) is 0 Å². The third-order valence-corrected chi connectivity index (χ3v) is 2.90. The van der Waals surface area contributed by atoms with Gasteiger partial charge in [-0.05, 0) is 50.5 Å². The number of para-hydroxylation sites is 2. The molecule has 3 N–H and O–H groups in total. The highest BCUT2D eigenvalue weighted by molar-refractivity contribution is 5.72. The number of nitrogens with two attached hydrogens (primary N) is 1. The minimum atomic E-state index is 0.686. The van der Waals surface area contributed by atoms with Gasteiger partial charge in [-0.2, -0.15) is 0 Å². The van der Waals surface area contributed by atoms with E-state index in [1.54, 1.807) is 0 Å². The van der Waals surface area contributed by atoms with Crippen LogP contribution in [0.15, 0.2) is 48.5 Å². The van der Waals surface area contributed by atoms with E-state index in [1.165, 1.54) is 0 Å². The lowest BCUT2D eigenvalue weighted by molar-refractivity contribution is 0.261. The Morgan fingerprint density at radius 2 is 1.75 bits per heavy atom. The van der Waals surface area contributed by atoms with Crippen molar-refractivity contribution in [1.82, 2.24) is 4.90 Å². The second-order valence-corrected chi connectivity index (χ2v) is 4.89. The lowest BCUT2D eigenvalue weighted by Gasteiger charge is -2.12. The van der Waals surface area contributed by atoms with Gasteiger partial charge < -0.3 is 20.7 Å². The Balaban J connectivity index is 1.93. The molecule has 4 nitrogen and oxygen atoms in total. The zero-order chi connectivity index (χ0) is 14.4. The molecule has 4 heteroatoms. The van der Waals surface area contributed by atoms with Gasteiger partial charge in [0, 0.05) is 12.2 Å². The number of hydrogen-bond acceptors (Lipinski definition) is 4. The van der Waals surface area contributed by atoms with Crippen molar-refractivity contribution in [1.29, 1.82) is 0 Å². The fourth-order valence-corrected chi connectivity index (χ4v) is 1.75. The predicted molar refractivity (Wildman–Crippen MR) is 84.6 cm³/mol. The number of likely N-dealkylation sites (N-methyl/N-ethyl adjacent to an activating group) is 1. The Kier molecular flexibility index (Phi) is 4.85. The van der Waals surface area contributed by atoms with Crippen molar-refractivity contribution in [3.8, 4) is 5.75 Å². The molecule has 2 aromatic carbocycles. The summed E-state index contributed by atoms with van der Waals surface area (Å²) < 4.78 is 5.65. The van der Waals surface area contributed by atoms with E-state index in [0.29, 0.717) is 6.61 Å². The molecule has 0 aliphatic rings. The van der Waals surface area contributed by atoms with Gasteiger partial charge in [0.1, 0.15) is 12.4 Å². The molecular formula is C16H21N3O. The molecule has 0 heterocycles. The number of benzene rings is 2. The summed E-state index contributed by atoms with van der Waals surface area (Å²) in [5.41, 5.74) is 8.54. The van der Waals surface area contributed by atoms with Gasteiger partial charge in [0.05, 0.1) is 11.4 Å². The normalized spacial score (nSPS) is 10.6. The summed E-state index contributed by atoms with van der Waals surface area (Å²) in [5.74, 6) is 0.874. The van der Waals surface area contributed by atoms with Crippen molar-refractivity contribution in [2.75, 3.05) is 38.3 Å². The van der Waals surface area contributed by atoms with Gasteiger partial charge >= 0.3 is 0 Å². The molecule has 0 spiro atoms. The zero-order valence-electron chi connectivity index (χ0n) is 12.0. The molecule has 2 rings (SSSR count). The van der Waals surface area contributed by atoms with E-state index in [9.17, 15) is 0 Å². The molecule has 0 atom stereocenters. The number of nitrogens with zero attached hydrogens (tertiary/aromatic N) is 1. The van der Waals surface area contributed by atoms with Gasteiger partial charge in [0.15, 0.2) is 0 Å². The first kappa shape index (κ1) is 14.2. The van der Waals surface area contributed by atoms with Crippen LogP contribution in [0.25, 0.3) is 0 Å². The first-order chi connectivity index (χ1) is 9.65. The summed E-state index contributed by atoms with van der Waals surface area (Å²) in [6.07, 6.45) is 0. The maximum atomic E-state index is 5.90. The lowest BCUT2D eigenvalue weighted by atomic mass is 10.2. The van der Waals surface area contributed by atoms with Crippen LogP contribution in [-0.4, -0.2) is 32.1 Å². The summed E-state index contributed by atoms with van der Waals surface area (Å²) in [4.78, 5) is 2.09. The van der Waals surface area contributed by atoms with E-state index in [-0.39, 0.29) is 0 Å². The van der Waals surface area contributed by atoms with Crippen molar-refractivity contribution in [2.45, 2.75) is 0 Å². The van der Waals surface area contributed by atoms with Gasteiger partial charge in [-0.1, -0.05) is 12.1 Å². The third kappa shape index (κ3) is 4.17. The van der Waals surface area contributed by atoms with E-state index in [4.69, 9.17) is 10.5 Å². The largest absolute Gasteiger partial charge is 0.492 e. The predicted octanol–water partition coefficient (Wildman–Crippen LogP) is 2.95. The molecule has 0 bridgehead atoms. The van der Waals surface area contributed by atoms with Crippen LogP contribution in [0.5, 0.6) is 5.75 Å². The van der Waals surface area contributed by atoms with Crippen LogP contribution in [0.1, 0.15) is 0 Å². The smallest absolute Gasteiger partial charge is 0.119 e. The van der Waals surface area contributed by atoms with Crippen LogP contribution in [0.4, 0.5) is 17.1 Å². The number of hydrogen-bond donors (Lipinski definition) is 2. The summed E-state index contributed by atoms with van der Waals surface area (Å²) in [5, 5.41) is 3.28. The zero-order valence-corrected chi connectivity index (χ0v) is 12.0. The number of nitrogen functional groups attached to an aromatic ring is 1. The molecule has 0 fully saturated rings. The van der Waals surface area contributed by atoms with E-state index in [2.05, 4.69) is 10.2 Å². The minimum absolute atomic E-state index is 0.686. The molecule has 0 aromatic heterocycles. The lowest BCUT2D eigenvalue weighted by Crippen LogP contribution is -2.19. The Labute approximate surface area is 120 Å². The van der Waals surface area contributed by atoms with Crippen molar-refractivity contribution < 1.29 is 4.74 Å².